The molecule has 4 aromatic rings. The van der Waals surface area contributed by atoms with Crippen molar-refractivity contribution in [1.82, 2.24) is 20.1 Å². The van der Waals surface area contributed by atoms with E-state index in [4.69, 9.17) is 0 Å². The van der Waals surface area contributed by atoms with Crippen molar-refractivity contribution in [3.05, 3.63) is 105 Å². The van der Waals surface area contributed by atoms with Gasteiger partial charge in [-0.2, -0.15) is 13.9 Å². The Hall–Kier alpha value is -5.10. The summed E-state index contributed by atoms with van der Waals surface area (Å²) in [4.78, 5) is 30.8. The average Bonchev–Trinajstić information content (AvgIpc) is 3.63. The van der Waals surface area contributed by atoms with Crippen LogP contribution in [0.15, 0.2) is 48.7 Å². The summed E-state index contributed by atoms with van der Waals surface area (Å²) >= 11 is 0. The van der Waals surface area contributed by atoms with Crippen LogP contribution in [-0.2, 0) is 36.1 Å². The maximum Gasteiger partial charge on any atom is 0.290 e. The number of benzene rings is 2. The summed E-state index contributed by atoms with van der Waals surface area (Å²) in [5.74, 6) is -6.78. The number of fused-ring (bicyclic) bond motifs is 2. The second kappa shape index (κ2) is 13.5. The molecular formula is C37H30F8N4O3. The maximum atomic E-state index is 15.1. The van der Waals surface area contributed by atoms with Gasteiger partial charge >= 0.3 is 0 Å². The predicted molar refractivity (Wildman–Crippen MR) is 171 cm³/mol. The van der Waals surface area contributed by atoms with Gasteiger partial charge in [-0.3, -0.25) is 19.3 Å². The summed E-state index contributed by atoms with van der Waals surface area (Å²) in [6.45, 7) is 2.10. The normalized spacial score (nSPS) is 16.5. The van der Waals surface area contributed by atoms with Crippen molar-refractivity contribution in [3.8, 4) is 23.0 Å². The number of carbonyl (C=O) groups excluding carboxylic acids is 2. The van der Waals surface area contributed by atoms with Crippen molar-refractivity contribution < 1.29 is 49.8 Å². The highest BCUT2D eigenvalue weighted by atomic mass is 19.3. The lowest BCUT2D eigenvalue weighted by molar-refractivity contribution is -0.121. The van der Waals surface area contributed by atoms with Crippen molar-refractivity contribution in [2.24, 2.45) is 0 Å². The highest BCUT2D eigenvalue weighted by Gasteiger charge is 2.55. The molecule has 0 saturated carbocycles. The molecule has 0 unspecified atom stereocenters. The van der Waals surface area contributed by atoms with Crippen molar-refractivity contribution in [2.45, 2.75) is 82.4 Å². The number of nitrogens with zero attached hydrogens (tertiary/aromatic N) is 3. The molecule has 15 heteroatoms. The van der Waals surface area contributed by atoms with Gasteiger partial charge in [0, 0.05) is 60.7 Å². The van der Waals surface area contributed by atoms with Gasteiger partial charge in [0.15, 0.2) is 5.78 Å². The topological polar surface area (TPSA) is 97.1 Å². The van der Waals surface area contributed by atoms with Crippen LogP contribution in [-0.4, -0.2) is 37.2 Å². The number of alkyl halides is 6. The molecule has 0 fully saturated rings. The number of carbonyl (C=O) groups is 2. The molecule has 6 rings (SSSR count). The van der Waals surface area contributed by atoms with Gasteiger partial charge in [0.1, 0.15) is 35.2 Å². The quantitative estimate of drug-likeness (QED) is 0.138. The lowest BCUT2D eigenvalue weighted by Gasteiger charge is -2.29. The number of amides is 1. The van der Waals surface area contributed by atoms with Crippen molar-refractivity contribution in [2.75, 3.05) is 0 Å². The summed E-state index contributed by atoms with van der Waals surface area (Å²) < 4.78 is 116. The Balaban J connectivity index is 1.46. The molecule has 272 valence electrons. The van der Waals surface area contributed by atoms with E-state index in [1.54, 1.807) is 24.3 Å². The van der Waals surface area contributed by atoms with Crippen LogP contribution in [0.1, 0.15) is 95.1 Å². The Bertz CT molecular complexity index is 2130. The number of rotatable bonds is 9. The fourth-order valence-electron chi connectivity index (χ4n) is 6.53. The van der Waals surface area contributed by atoms with E-state index in [0.717, 1.165) is 12.1 Å². The molecule has 0 saturated heterocycles. The zero-order valence-corrected chi connectivity index (χ0v) is 27.6. The second-order valence-electron chi connectivity index (χ2n) is 13.4. The van der Waals surface area contributed by atoms with E-state index in [1.807, 2.05) is 0 Å². The predicted octanol–water partition coefficient (Wildman–Crippen LogP) is 7.49. The Morgan fingerprint density at radius 1 is 1.00 bits per heavy atom. The van der Waals surface area contributed by atoms with Gasteiger partial charge in [-0.05, 0) is 61.2 Å². The van der Waals surface area contributed by atoms with Crippen molar-refractivity contribution >= 4 is 11.7 Å². The van der Waals surface area contributed by atoms with Gasteiger partial charge in [-0.15, -0.1) is 0 Å². The highest BCUT2D eigenvalue weighted by molar-refractivity contribution is 5.99. The number of halogens is 8. The third kappa shape index (κ3) is 7.57. The molecule has 1 aliphatic carbocycles. The number of aromatic nitrogens is 3. The van der Waals surface area contributed by atoms with Gasteiger partial charge in [0.25, 0.3) is 24.2 Å². The standard InChI is InChI=1S/C37H30F8N4O3/c1-35(2,52)6-5-19-12-27(21-3-4-22-17-47-34(51)28(22)14-21)30(46-16-19)23(9-20-10-24(38)15-25(39)11-20)13-26(50)18-49-32-29(31(48-49)33(40)41)36(42,43)7-8-37(32,44)45/h3-4,10-12,14-16,23,33,52H,7-9,13,17-18H2,1-2H3,(H,47,51)/t23-/m1/s1. The van der Waals surface area contributed by atoms with Crippen LogP contribution >= 0.6 is 0 Å². The monoisotopic (exact) mass is 730 g/mol. The van der Waals surface area contributed by atoms with Gasteiger partial charge in [0.2, 0.25) is 0 Å². The van der Waals surface area contributed by atoms with E-state index in [1.165, 1.54) is 20.0 Å². The third-order valence-electron chi connectivity index (χ3n) is 8.78. The summed E-state index contributed by atoms with van der Waals surface area (Å²) in [5, 5.41) is 16.2. The fraction of sp³-hybridized carbons (Fsp3) is 0.351. The number of pyridine rings is 1. The molecule has 3 heterocycles. The van der Waals surface area contributed by atoms with Gasteiger partial charge in [0.05, 0.1) is 11.3 Å². The van der Waals surface area contributed by atoms with E-state index in [2.05, 4.69) is 27.2 Å². The molecule has 2 aliphatic rings. The molecule has 0 radical (unpaired) electrons. The zero-order valence-electron chi connectivity index (χ0n) is 27.6. The molecule has 2 aromatic heterocycles. The number of aliphatic hydroxyl groups is 1. The Kier molecular flexibility index (Phi) is 9.50. The molecule has 7 nitrogen and oxygen atoms in total. The molecular weight excluding hydrogens is 700 g/mol. The first-order valence-corrected chi connectivity index (χ1v) is 16.1. The molecule has 2 aromatic carbocycles. The second-order valence-corrected chi connectivity index (χ2v) is 13.4. The van der Waals surface area contributed by atoms with Gasteiger partial charge in [-0.25, -0.2) is 26.3 Å². The van der Waals surface area contributed by atoms with E-state index < -0.39 is 90.0 Å². The minimum atomic E-state index is -4.05. The van der Waals surface area contributed by atoms with E-state index in [-0.39, 0.29) is 34.8 Å². The molecule has 0 spiro atoms. The minimum Gasteiger partial charge on any atom is -0.378 e. The Morgan fingerprint density at radius 2 is 1.69 bits per heavy atom. The number of hydrogen-bond acceptors (Lipinski definition) is 5. The Labute approximate surface area is 292 Å². The smallest absolute Gasteiger partial charge is 0.290 e. The molecule has 1 atom stereocenters. The van der Waals surface area contributed by atoms with Crippen molar-refractivity contribution in [1.29, 1.82) is 0 Å². The van der Waals surface area contributed by atoms with Crippen LogP contribution in [0, 0.1) is 23.5 Å². The minimum absolute atomic E-state index is 0.0740. The summed E-state index contributed by atoms with van der Waals surface area (Å²) in [6.07, 6.45) is -5.93. The molecule has 52 heavy (non-hydrogen) atoms. The van der Waals surface area contributed by atoms with Crippen LogP contribution in [0.2, 0.25) is 0 Å². The van der Waals surface area contributed by atoms with E-state index in [9.17, 15) is 41.0 Å². The SMILES string of the molecule is CC(C)(O)C#Cc1cnc([C@@H](CC(=O)Cn2nc(C(F)F)c3c2C(F)(F)CCC3(F)F)Cc2cc(F)cc(F)c2)c(-c2ccc3c(c2)C(=O)NC3)c1. The average molecular weight is 731 g/mol. The third-order valence-corrected chi connectivity index (χ3v) is 8.78. The number of nitrogens with one attached hydrogen (secondary N) is 1. The summed E-state index contributed by atoms with van der Waals surface area (Å²) in [6, 6.07) is 9.20. The maximum absolute atomic E-state index is 15.1. The number of ketones is 1. The largest absolute Gasteiger partial charge is 0.378 e. The molecule has 0 bridgehead atoms. The highest BCUT2D eigenvalue weighted by Crippen LogP contribution is 2.52. The summed E-state index contributed by atoms with van der Waals surface area (Å²) in [7, 11) is 0. The summed E-state index contributed by atoms with van der Waals surface area (Å²) in [5.41, 5.74) is -3.68. The Morgan fingerprint density at radius 3 is 2.37 bits per heavy atom. The van der Waals surface area contributed by atoms with Crippen LogP contribution in [0.25, 0.3) is 11.1 Å². The first-order chi connectivity index (χ1) is 24.3. The van der Waals surface area contributed by atoms with E-state index >= 15 is 8.78 Å². The number of Topliss-reactive ketones (excluding diaryl/α,β-unsaturated/α-hetero) is 1. The first kappa shape index (κ1) is 36.7. The first-order valence-electron chi connectivity index (χ1n) is 16.1. The van der Waals surface area contributed by atoms with Crippen LogP contribution < -0.4 is 5.32 Å². The fourth-order valence-corrected chi connectivity index (χ4v) is 6.53. The zero-order chi connectivity index (χ0) is 37.7. The van der Waals surface area contributed by atoms with Gasteiger partial charge in [-0.1, -0.05) is 24.0 Å². The lowest BCUT2D eigenvalue weighted by Crippen LogP contribution is -2.33. The van der Waals surface area contributed by atoms with Crippen LogP contribution in [0.3, 0.4) is 0 Å². The molecule has 1 aliphatic heterocycles. The molecule has 2 N–H and O–H groups in total. The van der Waals surface area contributed by atoms with Crippen molar-refractivity contribution in [3.63, 3.8) is 0 Å². The lowest BCUT2D eigenvalue weighted by atomic mass is 9.85. The van der Waals surface area contributed by atoms with Gasteiger partial charge < -0.3 is 10.4 Å². The van der Waals surface area contributed by atoms with Crippen LogP contribution in [0.5, 0.6) is 0 Å². The van der Waals surface area contributed by atoms with E-state index in [0.29, 0.717) is 33.9 Å². The molecule has 1 amide bonds. The number of hydrogen-bond donors (Lipinski definition) is 2. The van der Waals surface area contributed by atoms with Crippen LogP contribution in [0.4, 0.5) is 35.1 Å².